The molecule has 116 valence electrons. The van der Waals surface area contributed by atoms with Crippen LogP contribution in [0.15, 0.2) is 23.1 Å². The largest absolute Gasteiger partial charge is 0.478 e. The third-order valence-corrected chi connectivity index (χ3v) is 4.60. The quantitative estimate of drug-likeness (QED) is 0.628. The summed E-state index contributed by atoms with van der Waals surface area (Å²) in [6, 6.07) is 2.68. The summed E-state index contributed by atoms with van der Waals surface area (Å²) < 4.78 is 25.8. The van der Waals surface area contributed by atoms with Gasteiger partial charge in [0.1, 0.15) is 0 Å². The summed E-state index contributed by atoms with van der Waals surface area (Å²) in [5.41, 5.74) is -1.09. The molecule has 0 aliphatic rings. The van der Waals surface area contributed by atoms with Crippen molar-refractivity contribution in [2.24, 2.45) is 5.92 Å². The molecule has 0 bridgehead atoms. The summed E-state index contributed by atoms with van der Waals surface area (Å²) in [5, 5.41) is 19.8. The molecule has 0 atom stereocenters. The van der Waals surface area contributed by atoms with E-state index in [4.69, 9.17) is 5.11 Å². The highest BCUT2D eigenvalue weighted by Crippen LogP contribution is 2.24. The molecule has 0 aliphatic carbocycles. The van der Waals surface area contributed by atoms with Gasteiger partial charge in [-0.2, -0.15) is 0 Å². The molecule has 0 radical (unpaired) electrons. The van der Waals surface area contributed by atoms with E-state index in [1.54, 1.807) is 0 Å². The number of hydrogen-bond donors (Lipinski definition) is 1. The Morgan fingerprint density at radius 1 is 1.43 bits per heavy atom. The first-order valence-electron chi connectivity index (χ1n) is 6.05. The highest BCUT2D eigenvalue weighted by molar-refractivity contribution is 7.89. The normalized spacial score (nSPS) is 11.9. The van der Waals surface area contributed by atoms with Crippen molar-refractivity contribution in [3.63, 3.8) is 0 Å². The van der Waals surface area contributed by atoms with E-state index >= 15 is 0 Å². The average molecular weight is 316 g/mol. The molecule has 0 amide bonds. The second kappa shape index (κ2) is 6.19. The van der Waals surface area contributed by atoms with E-state index in [-0.39, 0.29) is 12.5 Å². The number of sulfonamides is 1. The number of non-ortho nitro benzene ring substituents is 1. The maximum Gasteiger partial charge on any atom is 0.337 e. The molecule has 21 heavy (non-hydrogen) atoms. The van der Waals surface area contributed by atoms with Gasteiger partial charge in [0.25, 0.3) is 5.69 Å². The molecular formula is C12H16N2O6S. The van der Waals surface area contributed by atoms with Gasteiger partial charge in [0.2, 0.25) is 10.0 Å². The molecule has 1 aromatic carbocycles. The van der Waals surface area contributed by atoms with Crippen LogP contribution in [0.1, 0.15) is 24.2 Å². The number of nitrogens with zero attached hydrogens (tertiary/aromatic N) is 2. The van der Waals surface area contributed by atoms with E-state index < -0.39 is 37.1 Å². The SMILES string of the molecule is CC(C)CN(C)S(=O)(=O)c1ccc([N+](=O)[O-])cc1C(=O)O. The van der Waals surface area contributed by atoms with Crippen molar-refractivity contribution in [1.29, 1.82) is 0 Å². The van der Waals surface area contributed by atoms with E-state index in [0.29, 0.717) is 0 Å². The number of aromatic carboxylic acids is 1. The predicted molar refractivity (Wildman–Crippen MR) is 74.7 cm³/mol. The molecule has 0 saturated carbocycles. The van der Waals surface area contributed by atoms with Crippen molar-refractivity contribution in [2.75, 3.05) is 13.6 Å². The summed E-state index contributed by atoms with van der Waals surface area (Å²) >= 11 is 0. The number of carbonyl (C=O) groups is 1. The van der Waals surface area contributed by atoms with Gasteiger partial charge in [-0.05, 0) is 12.0 Å². The van der Waals surface area contributed by atoms with Crippen LogP contribution in [-0.2, 0) is 10.0 Å². The fraction of sp³-hybridized carbons (Fsp3) is 0.417. The van der Waals surface area contributed by atoms with Crippen molar-refractivity contribution >= 4 is 21.7 Å². The van der Waals surface area contributed by atoms with Crippen LogP contribution in [0.5, 0.6) is 0 Å². The lowest BCUT2D eigenvalue weighted by molar-refractivity contribution is -0.384. The number of nitro benzene ring substituents is 1. The predicted octanol–water partition coefficient (Wildman–Crippen LogP) is 1.57. The number of carboxylic acid groups (broad SMARTS) is 1. The molecular weight excluding hydrogens is 300 g/mol. The van der Waals surface area contributed by atoms with E-state index in [2.05, 4.69) is 0 Å². The molecule has 0 aromatic heterocycles. The van der Waals surface area contributed by atoms with Gasteiger partial charge < -0.3 is 5.11 Å². The van der Waals surface area contributed by atoms with Crippen LogP contribution in [-0.4, -0.2) is 42.3 Å². The highest BCUT2D eigenvalue weighted by Gasteiger charge is 2.28. The third-order valence-electron chi connectivity index (χ3n) is 2.71. The standard InChI is InChI=1S/C12H16N2O6S/c1-8(2)7-13(3)21(19,20)11-5-4-9(14(17)18)6-10(11)12(15)16/h4-6,8H,7H2,1-3H3,(H,15,16). The monoisotopic (exact) mass is 316 g/mol. The Bertz CT molecular complexity index is 668. The zero-order chi connectivity index (χ0) is 16.4. The Balaban J connectivity index is 3.42. The number of carboxylic acids is 1. The lowest BCUT2D eigenvalue weighted by Crippen LogP contribution is -2.31. The van der Waals surface area contributed by atoms with Crippen molar-refractivity contribution in [2.45, 2.75) is 18.7 Å². The van der Waals surface area contributed by atoms with Crippen molar-refractivity contribution in [1.82, 2.24) is 4.31 Å². The maximum absolute atomic E-state index is 12.4. The van der Waals surface area contributed by atoms with Gasteiger partial charge in [-0.15, -0.1) is 0 Å². The highest BCUT2D eigenvalue weighted by atomic mass is 32.2. The Morgan fingerprint density at radius 3 is 2.43 bits per heavy atom. The van der Waals surface area contributed by atoms with Gasteiger partial charge in [-0.3, -0.25) is 10.1 Å². The fourth-order valence-corrected chi connectivity index (χ4v) is 3.30. The molecule has 0 saturated heterocycles. The number of nitro groups is 1. The molecule has 0 unspecified atom stereocenters. The van der Waals surface area contributed by atoms with Crippen LogP contribution < -0.4 is 0 Å². The first-order valence-corrected chi connectivity index (χ1v) is 7.49. The van der Waals surface area contributed by atoms with Gasteiger partial charge in [-0.1, -0.05) is 13.8 Å². The number of hydrogen-bond acceptors (Lipinski definition) is 5. The maximum atomic E-state index is 12.4. The van der Waals surface area contributed by atoms with Gasteiger partial charge >= 0.3 is 5.97 Å². The van der Waals surface area contributed by atoms with Crippen LogP contribution in [0.3, 0.4) is 0 Å². The van der Waals surface area contributed by atoms with Gasteiger partial charge in [0.15, 0.2) is 0 Å². The van der Waals surface area contributed by atoms with E-state index in [0.717, 1.165) is 22.5 Å². The Kier molecular flexibility index (Phi) is 5.02. The Morgan fingerprint density at radius 2 is 2.00 bits per heavy atom. The molecule has 1 N–H and O–H groups in total. The Labute approximate surface area is 122 Å². The molecule has 1 rings (SSSR count). The summed E-state index contributed by atoms with van der Waals surface area (Å²) in [7, 11) is -2.69. The second-order valence-electron chi connectivity index (χ2n) is 4.92. The lowest BCUT2D eigenvalue weighted by Gasteiger charge is -2.20. The fourth-order valence-electron chi connectivity index (χ4n) is 1.80. The average Bonchev–Trinajstić information content (AvgIpc) is 2.36. The molecule has 1 aromatic rings. The van der Waals surface area contributed by atoms with E-state index in [9.17, 15) is 23.3 Å². The van der Waals surface area contributed by atoms with Crippen LogP contribution in [0, 0.1) is 16.0 Å². The molecule has 8 nitrogen and oxygen atoms in total. The second-order valence-corrected chi connectivity index (χ2v) is 6.94. The van der Waals surface area contributed by atoms with Gasteiger partial charge in [-0.25, -0.2) is 17.5 Å². The van der Waals surface area contributed by atoms with E-state index in [1.807, 2.05) is 13.8 Å². The minimum Gasteiger partial charge on any atom is -0.478 e. The molecule has 0 spiro atoms. The Hall–Kier alpha value is -2.00. The molecule has 0 fully saturated rings. The third kappa shape index (κ3) is 3.76. The topological polar surface area (TPSA) is 118 Å². The van der Waals surface area contributed by atoms with Crippen LogP contribution in [0.25, 0.3) is 0 Å². The smallest absolute Gasteiger partial charge is 0.337 e. The van der Waals surface area contributed by atoms with E-state index in [1.165, 1.54) is 7.05 Å². The van der Waals surface area contributed by atoms with Gasteiger partial charge in [0, 0.05) is 25.7 Å². The molecule has 0 heterocycles. The van der Waals surface area contributed by atoms with Crippen LogP contribution >= 0.6 is 0 Å². The minimum atomic E-state index is -4.02. The number of benzene rings is 1. The molecule has 9 heteroatoms. The van der Waals surface area contributed by atoms with Crippen LogP contribution in [0.2, 0.25) is 0 Å². The van der Waals surface area contributed by atoms with Crippen molar-refractivity contribution < 1.29 is 23.2 Å². The summed E-state index contributed by atoms with van der Waals surface area (Å²) in [6.45, 7) is 3.85. The zero-order valence-electron chi connectivity index (χ0n) is 11.8. The van der Waals surface area contributed by atoms with Crippen LogP contribution in [0.4, 0.5) is 5.69 Å². The van der Waals surface area contributed by atoms with Crippen molar-refractivity contribution in [3.8, 4) is 0 Å². The number of rotatable bonds is 6. The van der Waals surface area contributed by atoms with Crippen molar-refractivity contribution in [3.05, 3.63) is 33.9 Å². The summed E-state index contributed by atoms with van der Waals surface area (Å²) in [5.74, 6) is -1.48. The first-order chi connectivity index (χ1) is 9.57. The van der Waals surface area contributed by atoms with Gasteiger partial charge in [0.05, 0.1) is 15.4 Å². The first kappa shape index (κ1) is 17.1. The lowest BCUT2D eigenvalue weighted by atomic mass is 10.2. The molecule has 0 aliphatic heterocycles. The minimum absolute atomic E-state index is 0.0519. The zero-order valence-corrected chi connectivity index (χ0v) is 12.6. The summed E-state index contributed by atoms with van der Waals surface area (Å²) in [6.07, 6.45) is 0. The summed E-state index contributed by atoms with van der Waals surface area (Å²) in [4.78, 5) is 20.6.